The van der Waals surface area contributed by atoms with Crippen LogP contribution in [0.25, 0.3) is 34.0 Å². The van der Waals surface area contributed by atoms with Crippen LogP contribution in [0.3, 0.4) is 0 Å². The van der Waals surface area contributed by atoms with Crippen LogP contribution in [0.2, 0.25) is 0 Å². The summed E-state index contributed by atoms with van der Waals surface area (Å²) in [5.74, 6) is 1.08. The molecule has 0 aliphatic heterocycles. The van der Waals surface area contributed by atoms with Crippen LogP contribution in [0.5, 0.6) is 0 Å². The third kappa shape index (κ3) is 4.93. The molecule has 1 aromatic heterocycles. The second kappa shape index (κ2) is 8.89. The van der Waals surface area contributed by atoms with Crippen molar-refractivity contribution in [2.24, 2.45) is 0 Å². The van der Waals surface area contributed by atoms with Gasteiger partial charge in [-0.1, -0.05) is 82.6 Å². The Labute approximate surface area is 185 Å². The van der Waals surface area contributed by atoms with E-state index >= 15 is 0 Å². The fourth-order valence-electron chi connectivity index (χ4n) is 3.62. The van der Waals surface area contributed by atoms with Crippen molar-refractivity contribution in [3.63, 3.8) is 0 Å². The van der Waals surface area contributed by atoms with Gasteiger partial charge in [-0.25, -0.2) is 0 Å². The molecule has 0 spiro atoms. The number of hydrogen-bond acceptors (Lipinski definition) is 3. The zero-order valence-electron chi connectivity index (χ0n) is 18.9. The number of nitrogens with zero attached hydrogens (tertiary/aromatic N) is 2. The maximum Gasteiger partial charge on any atom is 0.248 e. The van der Waals surface area contributed by atoms with E-state index in [1.807, 2.05) is 24.3 Å². The molecule has 0 aliphatic carbocycles. The highest BCUT2D eigenvalue weighted by atomic mass is 16.4. The Morgan fingerprint density at radius 1 is 0.645 bits per heavy atom. The normalized spacial score (nSPS) is 11.6. The second-order valence-corrected chi connectivity index (χ2v) is 9.12. The third-order valence-electron chi connectivity index (χ3n) is 5.66. The van der Waals surface area contributed by atoms with Crippen molar-refractivity contribution in [1.29, 1.82) is 0 Å². The summed E-state index contributed by atoms with van der Waals surface area (Å²) in [5, 5.41) is 8.51. The Balaban J connectivity index is 1.49. The van der Waals surface area contributed by atoms with Crippen LogP contribution in [0.1, 0.15) is 51.7 Å². The van der Waals surface area contributed by atoms with Crippen LogP contribution in [0.15, 0.2) is 77.2 Å². The molecular weight excluding hydrogens is 380 g/mol. The van der Waals surface area contributed by atoms with Crippen molar-refractivity contribution in [1.82, 2.24) is 10.2 Å². The Morgan fingerprint density at radius 3 is 1.58 bits per heavy atom. The zero-order valence-corrected chi connectivity index (χ0v) is 18.9. The summed E-state index contributed by atoms with van der Waals surface area (Å²) in [7, 11) is 0. The number of aryl methyl sites for hydroxylation is 1. The maximum absolute atomic E-state index is 5.96. The van der Waals surface area contributed by atoms with Crippen LogP contribution in [0, 0.1) is 0 Å². The highest BCUT2D eigenvalue weighted by molar-refractivity contribution is 5.68. The number of hydrogen-bond donors (Lipinski definition) is 0. The lowest BCUT2D eigenvalue weighted by molar-refractivity contribution is 0.582. The lowest BCUT2D eigenvalue weighted by Gasteiger charge is -2.18. The van der Waals surface area contributed by atoms with Crippen molar-refractivity contribution < 1.29 is 4.42 Å². The maximum atomic E-state index is 5.96. The zero-order chi connectivity index (χ0) is 21.8. The fraction of sp³-hybridized carbons (Fsp3) is 0.286. The Kier molecular flexibility index (Phi) is 6.03. The largest absolute Gasteiger partial charge is 0.416 e. The average Bonchev–Trinajstić information content (AvgIpc) is 3.28. The van der Waals surface area contributed by atoms with E-state index in [1.54, 1.807) is 0 Å². The van der Waals surface area contributed by atoms with Crippen LogP contribution < -0.4 is 0 Å². The van der Waals surface area contributed by atoms with Crippen LogP contribution in [0.4, 0.5) is 0 Å². The first-order valence-corrected chi connectivity index (χ1v) is 11.1. The molecule has 0 aliphatic rings. The first kappa shape index (κ1) is 21.0. The summed E-state index contributed by atoms with van der Waals surface area (Å²) in [5.41, 5.74) is 7.07. The fourth-order valence-corrected chi connectivity index (χ4v) is 3.62. The number of benzene rings is 3. The van der Waals surface area contributed by atoms with Crippen LogP contribution >= 0.6 is 0 Å². The van der Waals surface area contributed by atoms with E-state index in [9.17, 15) is 0 Å². The van der Waals surface area contributed by atoms with Gasteiger partial charge in [0.15, 0.2) is 0 Å². The van der Waals surface area contributed by atoms with Gasteiger partial charge in [0, 0.05) is 11.1 Å². The van der Waals surface area contributed by atoms with E-state index < -0.39 is 0 Å². The van der Waals surface area contributed by atoms with Gasteiger partial charge in [0.1, 0.15) is 0 Å². The Hall–Kier alpha value is -3.20. The van der Waals surface area contributed by atoms with Gasteiger partial charge in [-0.3, -0.25) is 0 Å². The molecule has 1 heterocycles. The topological polar surface area (TPSA) is 38.9 Å². The number of aromatic nitrogens is 2. The minimum atomic E-state index is 0.121. The first-order chi connectivity index (χ1) is 14.9. The summed E-state index contributed by atoms with van der Waals surface area (Å²) in [6.07, 6.45) is 3.61. The van der Waals surface area contributed by atoms with Gasteiger partial charge in [-0.2, -0.15) is 0 Å². The van der Waals surface area contributed by atoms with Crippen molar-refractivity contribution in [2.45, 2.75) is 52.4 Å². The van der Waals surface area contributed by atoms with Gasteiger partial charge in [0.2, 0.25) is 11.8 Å². The Morgan fingerprint density at radius 2 is 1.10 bits per heavy atom. The predicted octanol–water partition coefficient (Wildman–Crippen LogP) is 7.71. The van der Waals surface area contributed by atoms with E-state index in [2.05, 4.69) is 86.4 Å². The van der Waals surface area contributed by atoms with Crippen molar-refractivity contribution in [3.05, 3.63) is 83.9 Å². The summed E-state index contributed by atoms with van der Waals surface area (Å²) in [6, 6.07) is 25.5. The highest BCUT2D eigenvalue weighted by Crippen LogP contribution is 2.29. The summed E-state index contributed by atoms with van der Waals surface area (Å²) in [6.45, 7) is 8.84. The minimum absolute atomic E-state index is 0.121. The number of rotatable bonds is 6. The van der Waals surface area contributed by atoms with E-state index in [0.717, 1.165) is 17.5 Å². The van der Waals surface area contributed by atoms with E-state index in [0.29, 0.717) is 11.8 Å². The molecular formula is C28H30N2O. The molecule has 3 nitrogen and oxygen atoms in total. The Bertz CT molecular complexity index is 1120. The molecule has 0 unspecified atom stereocenters. The molecule has 0 saturated carbocycles. The average molecular weight is 411 g/mol. The molecule has 0 N–H and O–H groups in total. The van der Waals surface area contributed by atoms with Crippen molar-refractivity contribution in [2.75, 3.05) is 0 Å². The highest BCUT2D eigenvalue weighted by Gasteiger charge is 2.15. The molecule has 3 aromatic carbocycles. The molecule has 0 bridgehead atoms. The lowest BCUT2D eigenvalue weighted by Crippen LogP contribution is -2.10. The van der Waals surface area contributed by atoms with E-state index in [1.165, 1.54) is 35.1 Å². The first-order valence-electron chi connectivity index (χ1n) is 11.1. The molecule has 3 heteroatoms. The van der Waals surface area contributed by atoms with Gasteiger partial charge in [0.05, 0.1) is 0 Å². The summed E-state index contributed by atoms with van der Waals surface area (Å²) >= 11 is 0. The molecule has 0 amide bonds. The SMILES string of the molecule is CCCCc1ccc(-c2ccc(-c3nnc(-c4ccc(C(C)(C)C)cc4)o3)cc2)cc1. The van der Waals surface area contributed by atoms with Gasteiger partial charge in [-0.15, -0.1) is 10.2 Å². The molecule has 0 saturated heterocycles. The summed E-state index contributed by atoms with van der Waals surface area (Å²) < 4.78 is 5.96. The van der Waals surface area contributed by atoms with Crippen molar-refractivity contribution in [3.8, 4) is 34.0 Å². The monoisotopic (exact) mass is 410 g/mol. The van der Waals surface area contributed by atoms with Crippen LogP contribution in [-0.2, 0) is 11.8 Å². The smallest absolute Gasteiger partial charge is 0.248 e. The van der Waals surface area contributed by atoms with Gasteiger partial charge in [-0.05, 0) is 64.8 Å². The quantitative estimate of drug-likeness (QED) is 0.327. The van der Waals surface area contributed by atoms with E-state index in [-0.39, 0.29) is 5.41 Å². The minimum Gasteiger partial charge on any atom is -0.416 e. The standard InChI is InChI=1S/C28H30N2O/c1-5-6-7-20-8-10-21(11-9-20)22-12-14-23(15-13-22)26-29-30-27(31-26)24-16-18-25(19-17-24)28(2,3)4/h8-19H,5-7H2,1-4H3. The van der Waals surface area contributed by atoms with Crippen LogP contribution in [-0.4, -0.2) is 10.2 Å². The van der Waals surface area contributed by atoms with Gasteiger partial charge < -0.3 is 4.42 Å². The third-order valence-corrected chi connectivity index (χ3v) is 5.66. The van der Waals surface area contributed by atoms with E-state index in [4.69, 9.17) is 4.42 Å². The van der Waals surface area contributed by atoms with Gasteiger partial charge in [0.25, 0.3) is 0 Å². The van der Waals surface area contributed by atoms with Crippen molar-refractivity contribution >= 4 is 0 Å². The molecule has 0 fully saturated rings. The van der Waals surface area contributed by atoms with Gasteiger partial charge >= 0.3 is 0 Å². The summed E-state index contributed by atoms with van der Waals surface area (Å²) in [4.78, 5) is 0. The predicted molar refractivity (Wildman–Crippen MR) is 128 cm³/mol. The lowest BCUT2D eigenvalue weighted by atomic mass is 9.87. The number of unbranched alkanes of at least 4 members (excludes halogenated alkanes) is 1. The molecule has 31 heavy (non-hydrogen) atoms. The molecule has 158 valence electrons. The molecule has 0 atom stereocenters. The molecule has 0 radical (unpaired) electrons. The molecule has 4 rings (SSSR count). The molecule has 4 aromatic rings. The second-order valence-electron chi connectivity index (χ2n) is 9.12.